The van der Waals surface area contributed by atoms with E-state index >= 15 is 0 Å². The van der Waals surface area contributed by atoms with E-state index in [4.69, 9.17) is 19.1 Å². The molecule has 6 nitrogen and oxygen atoms in total. The van der Waals surface area contributed by atoms with E-state index in [0.717, 1.165) is 28.4 Å². The van der Waals surface area contributed by atoms with Gasteiger partial charge in [-0.2, -0.15) is 5.10 Å². The highest BCUT2D eigenvalue weighted by molar-refractivity contribution is 6.65. The summed E-state index contributed by atoms with van der Waals surface area (Å²) in [6, 6.07) is 13.5. The third kappa shape index (κ3) is 3.75. The van der Waals surface area contributed by atoms with Gasteiger partial charge in [-0.1, -0.05) is 24.3 Å². The molecule has 30 heavy (non-hydrogen) atoms. The number of esters is 1. The average Bonchev–Trinajstić information content (AvgIpc) is 3.22. The largest absolute Gasteiger partial charge is 0.495 e. The van der Waals surface area contributed by atoms with Gasteiger partial charge in [0, 0.05) is 18.1 Å². The number of hydrogen-bond acceptors (Lipinski definition) is 5. The number of rotatable bonds is 5. The lowest BCUT2D eigenvalue weighted by atomic mass is 9.77. The molecule has 0 atom stereocenters. The Labute approximate surface area is 177 Å². The topological polar surface area (TPSA) is 62.6 Å². The highest BCUT2D eigenvalue weighted by Gasteiger charge is 2.52. The van der Waals surface area contributed by atoms with Crippen molar-refractivity contribution in [1.82, 2.24) is 9.78 Å². The first-order valence-electron chi connectivity index (χ1n) is 10.2. The highest BCUT2D eigenvalue weighted by atomic mass is 16.7. The summed E-state index contributed by atoms with van der Waals surface area (Å²) in [5.41, 5.74) is 2.74. The van der Waals surface area contributed by atoms with Gasteiger partial charge in [-0.15, -0.1) is 0 Å². The molecule has 0 spiro atoms. The molecule has 0 bridgehead atoms. The summed E-state index contributed by atoms with van der Waals surface area (Å²) in [6.45, 7) is 8.91. The van der Waals surface area contributed by atoms with E-state index < -0.39 is 7.12 Å². The Bertz CT molecular complexity index is 1070. The molecule has 0 aliphatic carbocycles. The number of hydrogen-bond donors (Lipinski definition) is 0. The van der Waals surface area contributed by atoms with Gasteiger partial charge in [0.05, 0.1) is 29.4 Å². The standard InChI is InChI=1S/C23H27BN2O4/c1-22(2)23(3,4)30-24(29-22)19-10-7-11-20-18(19)15-26(25-20)13-12-16-8-6-9-17(14-16)21(27)28-5/h6-11,14-15H,12-13H2,1-5H3. The zero-order valence-corrected chi connectivity index (χ0v) is 18.1. The van der Waals surface area contributed by atoms with Crippen LogP contribution in [0.1, 0.15) is 43.6 Å². The van der Waals surface area contributed by atoms with E-state index in [2.05, 4.69) is 27.7 Å². The molecular formula is C23H27BN2O4. The van der Waals surface area contributed by atoms with Crippen LogP contribution < -0.4 is 5.46 Å². The van der Waals surface area contributed by atoms with Crippen molar-refractivity contribution in [2.24, 2.45) is 0 Å². The number of aromatic nitrogens is 2. The second-order valence-corrected chi connectivity index (χ2v) is 8.70. The predicted octanol–water partition coefficient (Wildman–Crippen LogP) is 3.36. The van der Waals surface area contributed by atoms with E-state index in [0.29, 0.717) is 12.1 Å². The first-order valence-corrected chi connectivity index (χ1v) is 10.2. The van der Waals surface area contributed by atoms with Crippen LogP contribution in [0.15, 0.2) is 48.7 Å². The predicted molar refractivity (Wildman–Crippen MR) is 117 cm³/mol. The Kier molecular flexibility index (Phi) is 5.20. The molecule has 0 N–H and O–H groups in total. The molecule has 7 heteroatoms. The van der Waals surface area contributed by atoms with Crippen LogP contribution in [0.5, 0.6) is 0 Å². The molecule has 2 heterocycles. The van der Waals surface area contributed by atoms with Gasteiger partial charge in [0.25, 0.3) is 0 Å². The van der Waals surface area contributed by atoms with Crippen LogP contribution in [0.2, 0.25) is 0 Å². The summed E-state index contributed by atoms with van der Waals surface area (Å²) in [4.78, 5) is 11.7. The van der Waals surface area contributed by atoms with Crippen molar-refractivity contribution >= 4 is 29.5 Å². The normalized spacial score (nSPS) is 17.4. The Morgan fingerprint density at radius 2 is 1.80 bits per heavy atom. The van der Waals surface area contributed by atoms with E-state index in [1.54, 1.807) is 6.07 Å². The zero-order chi connectivity index (χ0) is 21.5. The van der Waals surface area contributed by atoms with Crippen molar-refractivity contribution in [2.75, 3.05) is 7.11 Å². The minimum atomic E-state index is -0.423. The molecule has 1 saturated heterocycles. The maximum atomic E-state index is 11.7. The molecule has 1 aromatic heterocycles. The molecule has 4 rings (SSSR count). The number of aryl methyl sites for hydroxylation is 2. The number of fused-ring (bicyclic) bond motifs is 1. The second kappa shape index (κ2) is 7.56. The molecular weight excluding hydrogens is 379 g/mol. The first-order chi connectivity index (χ1) is 14.2. The smallest absolute Gasteiger partial charge is 0.465 e. The number of methoxy groups -OCH3 is 1. The fraction of sp³-hybridized carbons (Fsp3) is 0.391. The maximum absolute atomic E-state index is 11.7. The molecule has 1 aliphatic heterocycles. The fourth-order valence-corrected chi connectivity index (χ4v) is 3.62. The number of benzene rings is 2. The lowest BCUT2D eigenvalue weighted by Crippen LogP contribution is -2.41. The number of carbonyl (C=O) groups excluding carboxylic acids is 1. The molecule has 0 unspecified atom stereocenters. The molecule has 2 aromatic carbocycles. The number of carbonyl (C=O) groups is 1. The van der Waals surface area contributed by atoms with Crippen LogP contribution >= 0.6 is 0 Å². The lowest BCUT2D eigenvalue weighted by Gasteiger charge is -2.32. The van der Waals surface area contributed by atoms with E-state index in [1.165, 1.54) is 7.11 Å². The summed E-state index contributed by atoms with van der Waals surface area (Å²) in [7, 11) is 0.968. The van der Waals surface area contributed by atoms with E-state index in [-0.39, 0.29) is 17.2 Å². The minimum absolute atomic E-state index is 0.325. The van der Waals surface area contributed by atoms with Crippen LogP contribution in [-0.2, 0) is 27.0 Å². The molecule has 0 saturated carbocycles. The van der Waals surface area contributed by atoms with Gasteiger partial charge in [0.1, 0.15) is 0 Å². The fourth-order valence-electron chi connectivity index (χ4n) is 3.62. The van der Waals surface area contributed by atoms with Gasteiger partial charge in [-0.3, -0.25) is 4.68 Å². The minimum Gasteiger partial charge on any atom is -0.465 e. The van der Waals surface area contributed by atoms with Crippen molar-refractivity contribution < 1.29 is 18.8 Å². The Balaban J connectivity index is 1.55. The lowest BCUT2D eigenvalue weighted by molar-refractivity contribution is 0.00578. The van der Waals surface area contributed by atoms with Crippen molar-refractivity contribution in [3.63, 3.8) is 0 Å². The molecule has 1 fully saturated rings. The number of ether oxygens (including phenoxy) is 1. The van der Waals surface area contributed by atoms with Crippen molar-refractivity contribution in [2.45, 2.75) is 51.9 Å². The Morgan fingerprint density at radius 3 is 2.50 bits per heavy atom. The maximum Gasteiger partial charge on any atom is 0.495 e. The highest BCUT2D eigenvalue weighted by Crippen LogP contribution is 2.37. The zero-order valence-electron chi connectivity index (χ0n) is 18.1. The van der Waals surface area contributed by atoms with Crippen LogP contribution in [0.3, 0.4) is 0 Å². The third-order valence-electron chi connectivity index (χ3n) is 6.12. The van der Waals surface area contributed by atoms with Crippen LogP contribution in [0, 0.1) is 0 Å². The van der Waals surface area contributed by atoms with Gasteiger partial charge in [-0.05, 0) is 63.3 Å². The van der Waals surface area contributed by atoms with Gasteiger partial charge in [0.15, 0.2) is 0 Å². The van der Waals surface area contributed by atoms with Gasteiger partial charge < -0.3 is 14.0 Å². The van der Waals surface area contributed by atoms with Gasteiger partial charge in [-0.25, -0.2) is 4.79 Å². The van der Waals surface area contributed by atoms with Crippen molar-refractivity contribution in [3.8, 4) is 0 Å². The Morgan fingerprint density at radius 1 is 1.10 bits per heavy atom. The monoisotopic (exact) mass is 406 g/mol. The quantitative estimate of drug-likeness (QED) is 0.480. The molecule has 1 aliphatic rings. The molecule has 0 amide bonds. The van der Waals surface area contributed by atoms with Crippen LogP contribution in [0.4, 0.5) is 0 Å². The average molecular weight is 406 g/mol. The molecule has 3 aromatic rings. The third-order valence-corrected chi connectivity index (χ3v) is 6.12. The van der Waals surface area contributed by atoms with Crippen LogP contribution in [-0.4, -0.2) is 41.2 Å². The SMILES string of the molecule is COC(=O)c1cccc(CCn2cc3c(B4OC(C)(C)C(C)(C)O4)cccc3n2)c1. The van der Waals surface area contributed by atoms with Gasteiger partial charge >= 0.3 is 13.1 Å². The Hall–Kier alpha value is -2.64. The molecule has 0 radical (unpaired) electrons. The second-order valence-electron chi connectivity index (χ2n) is 8.70. The van der Waals surface area contributed by atoms with E-state index in [1.807, 2.05) is 47.3 Å². The van der Waals surface area contributed by atoms with Crippen LogP contribution in [0.25, 0.3) is 10.9 Å². The number of nitrogens with zero attached hydrogens (tertiary/aromatic N) is 2. The first kappa shape index (κ1) is 20.6. The summed E-state index contributed by atoms with van der Waals surface area (Å²) in [5.74, 6) is -0.325. The van der Waals surface area contributed by atoms with Crippen molar-refractivity contribution in [3.05, 3.63) is 59.8 Å². The molecule has 156 valence electrons. The summed E-state index contributed by atoms with van der Waals surface area (Å²) in [5, 5.41) is 5.75. The van der Waals surface area contributed by atoms with Gasteiger partial charge in [0.2, 0.25) is 0 Å². The summed E-state index contributed by atoms with van der Waals surface area (Å²) < 4.78 is 19.2. The summed E-state index contributed by atoms with van der Waals surface area (Å²) >= 11 is 0. The summed E-state index contributed by atoms with van der Waals surface area (Å²) in [6.07, 6.45) is 2.80. The van der Waals surface area contributed by atoms with E-state index in [9.17, 15) is 4.79 Å². The van der Waals surface area contributed by atoms with Crippen molar-refractivity contribution in [1.29, 1.82) is 0 Å².